The predicted octanol–water partition coefficient (Wildman–Crippen LogP) is 1.48. The molecule has 0 aromatic carbocycles. The third-order valence-corrected chi connectivity index (χ3v) is 1.86. The maximum Gasteiger partial charge on any atom is 0.337 e. The molecule has 0 saturated carbocycles. The molecule has 0 aliphatic rings. The van der Waals surface area contributed by atoms with Gasteiger partial charge < -0.3 is 10.4 Å². The lowest BCUT2D eigenvalue weighted by Crippen LogP contribution is -2.05. The fourth-order valence-electron chi connectivity index (χ4n) is 0.867. The molecule has 0 spiro atoms. The lowest BCUT2D eigenvalue weighted by atomic mass is 10.2. The normalized spacial score (nSPS) is 9.14. The van der Waals surface area contributed by atoms with Gasteiger partial charge in [-0.15, -0.1) is 6.42 Å². The van der Waals surface area contributed by atoms with Crippen LogP contribution in [-0.4, -0.2) is 22.6 Å². The standard InChI is InChI=1S/C9H7ClN2O2/c1-2-4-11-8-7(10)6(9(13)14)3-5-12-8/h1,3,5H,4H2,(H,11,12)(H,13,14). The van der Waals surface area contributed by atoms with Crippen molar-refractivity contribution in [2.75, 3.05) is 11.9 Å². The second-order valence-corrected chi connectivity index (χ2v) is 2.76. The van der Waals surface area contributed by atoms with Gasteiger partial charge in [0.2, 0.25) is 0 Å². The van der Waals surface area contributed by atoms with Gasteiger partial charge in [0.1, 0.15) is 5.82 Å². The van der Waals surface area contributed by atoms with E-state index in [0.29, 0.717) is 0 Å². The summed E-state index contributed by atoms with van der Waals surface area (Å²) < 4.78 is 0. The Hall–Kier alpha value is -1.73. The summed E-state index contributed by atoms with van der Waals surface area (Å²) in [6.45, 7) is 0.246. The molecule has 0 radical (unpaired) electrons. The number of aromatic nitrogens is 1. The number of terminal acetylenes is 1. The summed E-state index contributed by atoms with van der Waals surface area (Å²) in [5.74, 6) is 1.52. The third kappa shape index (κ3) is 2.15. The van der Waals surface area contributed by atoms with Crippen LogP contribution in [0.2, 0.25) is 5.02 Å². The largest absolute Gasteiger partial charge is 0.478 e. The van der Waals surface area contributed by atoms with Crippen molar-refractivity contribution in [1.82, 2.24) is 4.98 Å². The van der Waals surface area contributed by atoms with Crippen LogP contribution in [0.4, 0.5) is 5.82 Å². The van der Waals surface area contributed by atoms with Crippen molar-refractivity contribution in [3.8, 4) is 12.3 Å². The smallest absolute Gasteiger partial charge is 0.337 e. The molecule has 1 heterocycles. The Kier molecular flexibility index (Phi) is 3.32. The maximum atomic E-state index is 10.7. The molecule has 1 rings (SSSR count). The molecule has 1 aromatic heterocycles. The zero-order valence-electron chi connectivity index (χ0n) is 7.12. The highest BCUT2D eigenvalue weighted by Crippen LogP contribution is 2.22. The predicted molar refractivity (Wildman–Crippen MR) is 53.5 cm³/mol. The van der Waals surface area contributed by atoms with Gasteiger partial charge in [-0.3, -0.25) is 0 Å². The highest BCUT2D eigenvalue weighted by atomic mass is 35.5. The Labute approximate surface area is 85.9 Å². The van der Waals surface area contributed by atoms with E-state index in [1.165, 1.54) is 12.3 Å². The monoisotopic (exact) mass is 210 g/mol. The summed E-state index contributed by atoms with van der Waals surface area (Å²) in [5, 5.41) is 11.5. The topological polar surface area (TPSA) is 62.2 Å². The van der Waals surface area contributed by atoms with E-state index in [0.717, 1.165) is 0 Å². The SMILES string of the molecule is C#CCNc1nccc(C(=O)O)c1Cl. The zero-order valence-corrected chi connectivity index (χ0v) is 7.88. The Balaban J connectivity index is 3.02. The van der Waals surface area contributed by atoms with Gasteiger partial charge in [0.05, 0.1) is 17.1 Å². The first-order valence-electron chi connectivity index (χ1n) is 3.72. The van der Waals surface area contributed by atoms with Crippen molar-refractivity contribution in [2.24, 2.45) is 0 Å². The molecule has 0 aliphatic carbocycles. The molecule has 72 valence electrons. The number of carboxylic acids is 1. The molecular weight excluding hydrogens is 204 g/mol. The Morgan fingerprint density at radius 2 is 2.50 bits per heavy atom. The zero-order chi connectivity index (χ0) is 10.6. The minimum Gasteiger partial charge on any atom is -0.478 e. The summed E-state index contributed by atoms with van der Waals surface area (Å²) in [4.78, 5) is 14.5. The molecule has 2 N–H and O–H groups in total. The molecular formula is C9H7ClN2O2. The van der Waals surface area contributed by atoms with Crippen LogP contribution in [0.1, 0.15) is 10.4 Å². The number of pyridine rings is 1. The van der Waals surface area contributed by atoms with Crippen LogP contribution in [-0.2, 0) is 0 Å². The lowest BCUT2D eigenvalue weighted by molar-refractivity contribution is 0.0697. The van der Waals surface area contributed by atoms with E-state index in [1.807, 2.05) is 0 Å². The average Bonchev–Trinajstić information content (AvgIpc) is 2.16. The molecule has 14 heavy (non-hydrogen) atoms. The van der Waals surface area contributed by atoms with Crippen molar-refractivity contribution in [1.29, 1.82) is 0 Å². The summed E-state index contributed by atoms with van der Waals surface area (Å²) in [7, 11) is 0. The van der Waals surface area contributed by atoms with Crippen molar-refractivity contribution >= 4 is 23.4 Å². The summed E-state index contributed by atoms with van der Waals surface area (Å²) in [6.07, 6.45) is 6.38. The van der Waals surface area contributed by atoms with Crippen LogP contribution in [0, 0.1) is 12.3 Å². The number of aromatic carboxylic acids is 1. The fraction of sp³-hybridized carbons (Fsp3) is 0.111. The van der Waals surface area contributed by atoms with Crippen LogP contribution >= 0.6 is 11.6 Å². The van der Waals surface area contributed by atoms with E-state index in [4.69, 9.17) is 23.1 Å². The minimum absolute atomic E-state index is 0.00110. The van der Waals surface area contributed by atoms with Crippen LogP contribution in [0.25, 0.3) is 0 Å². The maximum absolute atomic E-state index is 10.7. The van der Waals surface area contributed by atoms with E-state index in [-0.39, 0.29) is 22.9 Å². The van der Waals surface area contributed by atoms with E-state index >= 15 is 0 Å². The molecule has 0 fully saturated rings. The summed E-state index contributed by atoms with van der Waals surface area (Å²) in [6, 6.07) is 1.33. The van der Waals surface area contributed by atoms with Crippen LogP contribution in [0.5, 0.6) is 0 Å². The van der Waals surface area contributed by atoms with Crippen LogP contribution < -0.4 is 5.32 Å². The van der Waals surface area contributed by atoms with E-state index in [2.05, 4.69) is 16.2 Å². The minimum atomic E-state index is -1.10. The van der Waals surface area contributed by atoms with Gasteiger partial charge in [-0.2, -0.15) is 0 Å². The molecule has 0 atom stereocenters. The Morgan fingerprint density at radius 3 is 3.07 bits per heavy atom. The number of hydrogen-bond donors (Lipinski definition) is 2. The van der Waals surface area contributed by atoms with Gasteiger partial charge in [0.15, 0.2) is 0 Å². The van der Waals surface area contributed by atoms with Crippen molar-refractivity contribution in [2.45, 2.75) is 0 Å². The van der Waals surface area contributed by atoms with Gasteiger partial charge in [-0.1, -0.05) is 17.5 Å². The van der Waals surface area contributed by atoms with Crippen LogP contribution in [0.3, 0.4) is 0 Å². The number of halogens is 1. The molecule has 1 aromatic rings. The number of rotatable bonds is 3. The first kappa shape index (κ1) is 10.4. The third-order valence-electron chi connectivity index (χ3n) is 1.48. The first-order chi connectivity index (χ1) is 6.66. The average molecular weight is 211 g/mol. The molecule has 0 amide bonds. The summed E-state index contributed by atoms with van der Waals surface area (Å²) >= 11 is 5.77. The van der Waals surface area contributed by atoms with Crippen LogP contribution in [0.15, 0.2) is 12.3 Å². The molecule has 5 heteroatoms. The number of anilines is 1. The second kappa shape index (κ2) is 4.49. The number of carbonyl (C=O) groups is 1. The van der Waals surface area contributed by atoms with Gasteiger partial charge in [-0.05, 0) is 6.07 Å². The highest BCUT2D eigenvalue weighted by Gasteiger charge is 2.12. The van der Waals surface area contributed by atoms with E-state index in [9.17, 15) is 4.79 Å². The highest BCUT2D eigenvalue weighted by molar-refractivity contribution is 6.35. The Bertz CT molecular complexity index is 398. The molecule has 4 nitrogen and oxygen atoms in total. The first-order valence-corrected chi connectivity index (χ1v) is 4.09. The number of nitrogens with one attached hydrogen (secondary N) is 1. The van der Waals surface area contributed by atoms with Gasteiger partial charge in [0.25, 0.3) is 0 Å². The summed E-state index contributed by atoms with van der Waals surface area (Å²) in [5.41, 5.74) is 0.00110. The van der Waals surface area contributed by atoms with Gasteiger partial charge >= 0.3 is 5.97 Å². The molecule has 0 unspecified atom stereocenters. The quantitative estimate of drug-likeness (QED) is 0.742. The number of hydrogen-bond acceptors (Lipinski definition) is 3. The van der Waals surface area contributed by atoms with Crippen molar-refractivity contribution in [3.05, 3.63) is 22.8 Å². The van der Waals surface area contributed by atoms with Crippen molar-refractivity contribution in [3.63, 3.8) is 0 Å². The second-order valence-electron chi connectivity index (χ2n) is 2.38. The van der Waals surface area contributed by atoms with E-state index < -0.39 is 5.97 Å². The van der Waals surface area contributed by atoms with E-state index in [1.54, 1.807) is 0 Å². The van der Waals surface area contributed by atoms with Crippen molar-refractivity contribution < 1.29 is 9.90 Å². The fourth-order valence-corrected chi connectivity index (χ4v) is 1.13. The molecule has 0 bridgehead atoms. The number of carboxylic acid groups (broad SMARTS) is 1. The molecule has 0 aliphatic heterocycles. The lowest BCUT2D eigenvalue weighted by Gasteiger charge is -2.05. The van der Waals surface area contributed by atoms with Gasteiger partial charge in [-0.25, -0.2) is 9.78 Å². The Morgan fingerprint density at radius 1 is 1.79 bits per heavy atom. The molecule has 0 saturated heterocycles. The number of nitrogens with zero attached hydrogens (tertiary/aromatic N) is 1. The van der Waals surface area contributed by atoms with Gasteiger partial charge in [0, 0.05) is 6.20 Å².